The van der Waals surface area contributed by atoms with Crippen molar-refractivity contribution in [3.8, 4) is 0 Å². The average Bonchev–Trinajstić information content (AvgIpc) is 2.19. The number of nitrogens with one attached hydrogen (secondary N) is 1. The summed E-state index contributed by atoms with van der Waals surface area (Å²) in [7, 11) is 0. The largest absolute Gasteiger partial charge is 0.394 e. The second kappa shape index (κ2) is 6.02. The van der Waals surface area contributed by atoms with Gasteiger partial charge in [-0.2, -0.15) is 0 Å². The Labute approximate surface area is 98.3 Å². The van der Waals surface area contributed by atoms with E-state index in [1.807, 2.05) is 0 Å². The zero-order valence-corrected chi connectivity index (χ0v) is 10.5. The summed E-state index contributed by atoms with van der Waals surface area (Å²) in [5.74, 6) is 1.09. The first-order chi connectivity index (χ1) is 7.11. The first-order valence-electron chi connectivity index (χ1n) is 4.96. The van der Waals surface area contributed by atoms with E-state index in [1.54, 1.807) is 12.4 Å². The van der Waals surface area contributed by atoms with Crippen molar-refractivity contribution in [2.24, 2.45) is 5.92 Å². The van der Waals surface area contributed by atoms with Gasteiger partial charge in [-0.3, -0.25) is 0 Å². The third kappa shape index (κ3) is 4.57. The molecule has 1 unspecified atom stereocenters. The maximum atomic E-state index is 9.16. The van der Waals surface area contributed by atoms with Crippen molar-refractivity contribution in [3.63, 3.8) is 0 Å². The Hall–Kier alpha value is -0.680. The molecule has 0 aliphatic carbocycles. The van der Waals surface area contributed by atoms with Gasteiger partial charge in [0.1, 0.15) is 0 Å². The van der Waals surface area contributed by atoms with Crippen LogP contribution < -0.4 is 5.32 Å². The van der Waals surface area contributed by atoms with Crippen molar-refractivity contribution >= 4 is 21.9 Å². The molecule has 0 aliphatic heterocycles. The molecular weight excluding hydrogens is 258 g/mol. The van der Waals surface area contributed by atoms with Crippen LogP contribution in [0.2, 0.25) is 0 Å². The minimum absolute atomic E-state index is 0.0196. The molecule has 0 fully saturated rings. The van der Waals surface area contributed by atoms with Crippen LogP contribution in [0.1, 0.15) is 20.3 Å². The second-order valence-corrected chi connectivity index (χ2v) is 4.79. The molecule has 2 N–H and O–H groups in total. The number of nitrogens with zero attached hydrogens (tertiary/aromatic N) is 2. The summed E-state index contributed by atoms with van der Waals surface area (Å²) in [6, 6.07) is 0.0196. The van der Waals surface area contributed by atoms with E-state index in [0.717, 1.165) is 10.9 Å². The van der Waals surface area contributed by atoms with Crippen LogP contribution in [0.3, 0.4) is 0 Å². The molecule has 0 radical (unpaired) electrons. The van der Waals surface area contributed by atoms with E-state index in [4.69, 9.17) is 5.11 Å². The number of anilines is 1. The van der Waals surface area contributed by atoms with Crippen molar-refractivity contribution in [2.45, 2.75) is 26.3 Å². The molecule has 0 aliphatic rings. The number of hydrogen-bond acceptors (Lipinski definition) is 4. The first-order valence-corrected chi connectivity index (χ1v) is 5.76. The van der Waals surface area contributed by atoms with Crippen molar-refractivity contribution in [3.05, 3.63) is 16.9 Å². The van der Waals surface area contributed by atoms with Crippen LogP contribution in [0, 0.1) is 5.92 Å². The maximum absolute atomic E-state index is 9.16. The molecule has 0 aromatic carbocycles. The lowest BCUT2D eigenvalue weighted by molar-refractivity contribution is 0.259. The lowest BCUT2D eigenvalue weighted by Crippen LogP contribution is -2.26. The van der Waals surface area contributed by atoms with E-state index in [2.05, 4.69) is 45.1 Å². The molecule has 1 heterocycles. The van der Waals surface area contributed by atoms with Crippen LogP contribution in [0.5, 0.6) is 0 Å². The Balaban J connectivity index is 2.54. The third-order valence-electron chi connectivity index (χ3n) is 1.93. The topological polar surface area (TPSA) is 58.0 Å². The highest BCUT2D eigenvalue weighted by molar-refractivity contribution is 9.10. The van der Waals surface area contributed by atoms with Gasteiger partial charge in [0.2, 0.25) is 5.95 Å². The fourth-order valence-electron chi connectivity index (χ4n) is 1.32. The predicted octanol–water partition coefficient (Wildman–Crippen LogP) is 2.06. The first kappa shape index (κ1) is 12.4. The minimum atomic E-state index is 0.0196. The summed E-state index contributed by atoms with van der Waals surface area (Å²) in [6.45, 7) is 4.33. The smallest absolute Gasteiger partial charge is 0.222 e. The molecule has 1 aromatic heterocycles. The Morgan fingerprint density at radius 3 is 2.47 bits per heavy atom. The lowest BCUT2D eigenvalue weighted by atomic mass is 10.0. The molecule has 0 bridgehead atoms. The summed E-state index contributed by atoms with van der Waals surface area (Å²) < 4.78 is 0.845. The molecular formula is C10H16BrN3O. The standard InChI is InChI=1S/C10H16BrN3O/c1-7(2)3-9(6-15)14-10-12-4-8(11)5-13-10/h4-5,7,9,15H,3,6H2,1-2H3,(H,12,13,14). The summed E-state index contributed by atoms with van der Waals surface area (Å²) in [5, 5.41) is 12.3. The molecule has 1 aromatic rings. The zero-order valence-electron chi connectivity index (χ0n) is 8.94. The summed E-state index contributed by atoms with van der Waals surface area (Å²) in [5.41, 5.74) is 0. The van der Waals surface area contributed by atoms with Gasteiger partial charge in [0, 0.05) is 12.4 Å². The van der Waals surface area contributed by atoms with Gasteiger partial charge in [-0.25, -0.2) is 9.97 Å². The molecule has 5 heteroatoms. The van der Waals surface area contributed by atoms with Gasteiger partial charge in [0.15, 0.2) is 0 Å². The third-order valence-corrected chi connectivity index (χ3v) is 2.34. The van der Waals surface area contributed by atoms with E-state index in [9.17, 15) is 0 Å². The molecule has 0 spiro atoms. The number of hydrogen-bond donors (Lipinski definition) is 2. The van der Waals surface area contributed by atoms with E-state index in [0.29, 0.717) is 11.9 Å². The SMILES string of the molecule is CC(C)CC(CO)Nc1ncc(Br)cn1. The molecule has 84 valence electrons. The summed E-state index contributed by atoms with van der Waals surface area (Å²) in [4.78, 5) is 8.19. The second-order valence-electron chi connectivity index (χ2n) is 3.88. The molecule has 15 heavy (non-hydrogen) atoms. The van der Waals surface area contributed by atoms with Gasteiger partial charge in [-0.15, -0.1) is 0 Å². The van der Waals surface area contributed by atoms with E-state index >= 15 is 0 Å². The van der Waals surface area contributed by atoms with Crippen molar-refractivity contribution < 1.29 is 5.11 Å². The van der Waals surface area contributed by atoms with Gasteiger partial charge in [0.25, 0.3) is 0 Å². The van der Waals surface area contributed by atoms with E-state index in [1.165, 1.54) is 0 Å². The van der Waals surface area contributed by atoms with Crippen molar-refractivity contribution in [1.29, 1.82) is 0 Å². The highest BCUT2D eigenvalue weighted by Crippen LogP contribution is 2.11. The van der Waals surface area contributed by atoms with Gasteiger partial charge in [-0.05, 0) is 28.3 Å². The van der Waals surface area contributed by atoms with Gasteiger partial charge in [0.05, 0.1) is 17.1 Å². The van der Waals surface area contributed by atoms with Gasteiger partial charge < -0.3 is 10.4 Å². The normalized spacial score (nSPS) is 12.9. The van der Waals surface area contributed by atoms with E-state index < -0.39 is 0 Å². The number of rotatable bonds is 5. The Morgan fingerprint density at radius 1 is 1.40 bits per heavy atom. The van der Waals surface area contributed by atoms with Crippen molar-refractivity contribution in [1.82, 2.24) is 9.97 Å². The van der Waals surface area contributed by atoms with Crippen molar-refractivity contribution in [2.75, 3.05) is 11.9 Å². The average molecular weight is 274 g/mol. The quantitative estimate of drug-likeness (QED) is 0.862. The summed E-state index contributed by atoms with van der Waals surface area (Å²) in [6.07, 6.45) is 4.26. The van der Waals surface area contributed by atoms with Crippen LogP contribution in [-0.4, -0.2) is 27.7 Å². The van der Waals surface area contributed by atoms with Crippen LogP contribution in [0.25, 0.3) is 0 Å². The highest BCUT2D eigenvalue weighted by atomic mass is 79.9. The number of halogens is 1. The number of aliphatic hydroxyl groups excluding tert-OH is 1. The number of aromatic nitrogens is 2. The Morgan fingerprint density at radius 2 is 2.00 bits per heavy atom. The summed E-state index contributed by atoms with van der Waals surface area (Å²) >= 11 is 3.27. The fourth-order valence-corrected chi connectivity index (χ4v) is 1.52. The highest BCUT2D eigenvalue weighted by Gasteiger charge is 2.10. The van der Waals surface area contributed by atoms with Crippen LogP contribution in [0.4, 0.5) is 5.95 Å². The van der Waals surface area contributed by atoms with Crippen LogP contribution >= 0.6 is 15.9 Å². The zero-order chi connectivity index (χ0) is 11.3. The molecule has 1 rings (SSSR count). The molecule has 0 saturated heterocycles. The molecule has 0 saturated carbocycles. The minimum Gasteiger partial charge on any atom is -0.394 e. The van der Waals surface area contributed by atoms with E-state index in [-0.39, 0.29) is 12.6 Å². The van der Waals surface area contributed by atoms with Crippen LogP contribution in [-0.2, 0) is 0 Å². The maximum Gasteiger partial charge on any atom is 0.222 e. The Bertz CT molecular complexity index is 289. The monoisotopic (exact) mass is 273 g/mol. The van der Waals surface area contributed by atoms with Gasteiger partial charge in [-0.1, -0.05) is 13.8 Å². The molecule has 0 amide bonds. The molecule has 1 atom stereocenters. The fraction of sp³-hybridized carbons (Fsp3) is 0.600. The van der Waals surface area contributed by atoms with Gasteiger partial charge >= 0.3 is 0 Å². The predicted molar refractivity (Wildman–Crippen MR) is 63.7 cm³/mol. The van der Waals surface area contributed by atoms with Crippen LogP contribution in [0.15, 0.2) is 16.9 Å². The lowest BCUT2D eigenvalue weighted by Gasteiger charge is -2.17. The number of aliphatic hydroxyl groups is 1. The Kier molecular flexibility index (Phi) is 4.98. The molecule has 4 nitrogen and oxygen atoms in total.